The molecular weight excluding hydrogens is 362 g/mol. The monoisotopic (exact) mass is 391 g/mol. The third-order valence-corrected chi connectivity index (χ3v) is 5.83. The first-order valence-corrected chi connectivity index (χ1v) is 10.3. The van der Waals surface area contributed by atoms with Crippen LogP contribution in [0.25, 0.3) is 0 Å². The Labute approximate surface area is 165 Å². The molecule has 0 bridgehead atoms. The average Bonchev–Trinajstić information content (AvgIpc) is 3.11. The Balaban J connectivity index is 1.98. The van der Waals surface area contributed by atoms with Gasteiger partial charge in [0.15, 0.2) is 12.4 Å². The molecule has 0 unspecified atom stereocenters. The van der Waals surface area contributed by atoms with Gasteiger partial charge in [-0.3, -0.25) is 9.59 Å². The summed E-state index contributed by atoms with van der Waals surface area (Å²) in [5.41, 5.74) is -0.175. The molecule has 1 aromatic carbocycles. The van der Waals surface area contributed by atoms with Gasteiger partial charge in [-0.1, -0.05) is 45.7 Å². The molecule has 2 rings (SSSR count). The number of carbonyl (C=O) groups is 3. The van der Waals surface area contributed by atoms with E-state index in [-0.39, 0.29) is 29.6 Å². The largest absolute Gasteiger partial charge is 0.454 e. The molecule has 148 valence electrons. The van der Waals surface area contributed by atoms with Crippen molar-refractivity contribution in [2.45, 2.75) is 69.6 Å². The highest BCUT2D eigenvalue weighted by atomic mass is 32.2. The van der Waals surface area contributed by atoms with Gasteiger partial charge < -0.3 is 10.1 Å². The third kappa shape index (κ3) is 6.38. The summed E-state index contributed by atoms with van der Waals surface area (Å²) in [7, 11) is 0. The summed E-state index contributed by atoms with van der Waals surface area (Å²) in [5.74, 6) is -0.692. The van der Waals surface area contributed by atoms with Gasteiger partial charge in [0.1, 0.15) is 0 Å². The van der Waals surface area contributed by atoms with E-state index in [1.807, 2.05) is 13.0 Å². The highest BCUT2D eigenvalue weighted by molar-refractivity contribution is 8.00. The smallest absolute Gasteiger partial charge is 0.339 e. The first-order valence-electron chi connectivity index (χ1n) is 9.45. The van der Waals surface area contributed by atoms with Crippen LogP contribution in [0.2, 0.25) is 0 Å². The minimum Gasteiger partial charge on any atom is -0.454 e. The summed E-state index contributed by atoms with van der Waals surface area (Å²) in [6, 6.07) is 7.29. The van der Waals surface area contributed by atoms with Crippen molar-refractivity contribution in [3.63, 3.8) is 0 Å². The number of benzene rings is 1. The Kier molecular flexibility index (Phi) is 7.48. The Bertz CT molecular complexity index is 690. The second-order valence-electron chi connectivity index (χ2n) is 8.00. The summed E-state index contributed by atoms with van der Waals surface area (Å²) in [4.78, 5) is 37.5. The van der Waals surface area contributed by atoms with Gasteiger partial charge in [-0.05, 0) is 31.9 Å². The number of Topliss-reactive ketones (excluding diaryl/α,β-unsaturated/α-hetero) is 1. The van der Waals surface area contributed by atoms with Gasteiger partial charge in [0.05, 0.1) is 10.8 Å². The zero-order valence-corrected chi connectivity index (χ0v) is 17.4. The number of hydrogen-bond acceptors (Lipinski definition) is 5. The fraction of sp³-hybridized carbons (Fsp3) is 0.571. The molecule has 1 aromatic rings. The molecule has 1 saturated carbocycles. The highest BCUT2D eigenvalue weighted by Crippen LogP contribution is 2.28. The molecule has 1 aliphatic carbocycles. The number of hydrogen-bond donors (Lipinski definition) is 1. The lowest BCUT2D eigenvalue weighted by molar-refractivity contribution is -0.129. The van der Waals surface area contributed by atoms with E-state index in [2.05, 4.69) is 5.32 Å². The van der Waals surface area contributed by atoms with E-state index in [4.69, 9.17) is 4.74 Å². The second kappa shape index (κ2) is 9.40. The van der Waals surface area contributed by atoms with Crippen LogP contribution in [0.5, 0.6) is 0 Å². The molecule has 1 N–H and O–H groups in total. The van der Waals surface area contributed by atoms with Crippen LogP contribution in [0, 0.1) is 5.41 Å². The Morgan fingerprint density at radius 2 is 1.81 bits per heavy atom. The molecule has 5 nitrogen and oxygen atoms in total. The van der Waals surface area contributed by atoms with Crippen molar-refractivity contribution in [1.82, 2.24) is 5.32 Å². The van der Waals surface area contributed by atoms with Crippen LogP contribution < -0.4 is 5.32 Å². The van der Waals surface area contributed by atoms with Crippen molar-refractivity contribution in [3.8, 4) is 0 Å². The quantitative estimate of drug-likeness (QED) is 0.562. The Hall–Kier alpha value is -1.82. The lowest BCUT2D eigenvalue weighted by Crippen LogP contribution is -2.37. The number of rotatable bonds is 7. The fourth-order valence-corrected chi connectivity index (χ4v) is 3.79. The molecule has 0 saturated heterocycles. The van der Waals surface area contributed by atoms with E-state index in [0.29, 0.717) is 10.5 Å². The van der Waals surface area contributed by atoms with Gasteiger partial charge >= 0.3 is 5.97 Å². The summed E-state index contributed by atoms with van der Waals surface area (Å²) >= 11 is 1.33. The standard InChI is InChI=1S/C21H29NO4S/c1-14(19(24)22-15-9-5-6-10-15)27-17-12-8-7-11-16(17)20(25)26-13-18(23)21(2,3)4/h7-8,11-12,14-15H,5-6,9-10,13H2,1-4H3,(H,22,24)/t14-/m1/s1. The number of thioether (sulfide) groups is 1. The molecule has 6 heteroatoms. The minimum absolute atomic E-state index is 0.0158. The van der Waals surface area contributed by atoms with Crippen LogP contribution in [0.3, 0.4) is 0 Å². The Morgan fingerprint density at radius 1 is 1.19 bits per heavy atom. The van der Waals surface area contributed by atoms with Crippen LogP contribution >= 0.6 is 11.8 Å². The molecule has 1 amide bonds. The van der Waals surface area contributed by atoms with E-state index in [1.165, 1.54) is 11.8 Å². The van der Waals surface area contributed by atoms with Crippen molar-refractivity contribution in [2.75, 3.05) is 6.61 Å². The molecule has 27 heavy (non-hydrogen) atoms. The molecule has 1 aliphatic rings. The molecule has 1 fully saturated rings. The van der Waals surface area contributed by atoms with E-state index in [0.717, 1.165) is 25.7 Å². The van der Waals surface area contributed by atoms with Gasteiger partial charge in [0.25, 0.3) is 0 Å². The van der Waals surface area contributed by atoms with E-state index >= 15 is 0 Å². The highest BCUT2D eigenvalue weighted by Gasteiger charge is 2.25. The summed E-state index contributed by atoms with van der Waals surface area (Å²) < 4.78 is 5.20. The molecular formula is C21H29NO4S. The maximum absolute atomic E-state index is 12.4. The minimum atomic E-state index is -0.554. The van der Waals surface area contributed by atoms with Gasteiger partial charge in [-0.15, -0.1) is 11.8 Å². The maximum atomic E-state index is 12.4. The topological polar surface area (TPSA) is 72.5 Å². The number of nitrogens with one attached hydrogen (secondary N) is 1. The average molecular weight is 392 g/mol. The SMILES string of the molecule is C[C@@H](Sc1ccccc1C(=O)OCC(=O)C(C)(C)C)C(=O)NC1CCCC1. The number of carbonyl (C=O) groups excluding carboxylic acids is 3. The molecule has 0 aliphatic heterocycles. The molecule has 0 spiro atoms. The zero-order valence-electron chi connectivity index (χ0n) is 16.5. The zero-order chi connectivity index (χ0) is 20.0. The number of amides is 1. The normalized spacial score (nSPS) is 16.0. The number of ether oxygens (including phenoxy) is 1. The first kappa shape index (κ1) is 21.5. The van der Waals surface area contributed by atoms with Gasteiger partial charge in [0.2, 0.25) is 5.91 Å². The van der Waals surface area contributed by atoms with Crippen molar-refractivity contribution >= 4 is 29.4 Å². The molecule has 0 aromatic heterocycles. The fourth-order valence-electron chi connectivity index (χ4n) is 2.80. The van der Waals surface area contributed by atoms with Crippen LogP contribution in [-0.2, 0) is 14.3 Å². The lowest BCUT2D eigenvalue weighted by Gasteiger charge is -2.18. The van der Waals surface area contributed by atoms with E-state index < -0.39 is 11.4 Å². The van der Waals surface area contributed by atoms with Crippen LogP contribution in [0.15, 0.2) is 29.2 Å². The van der Waals surface area contributed by atoms with Crippen LogP contribution in [0.1, 0.15) is 63.7 Å². The van der Waals surface area contributed by atoms with E-state index in [9.17, 15) is 14.4 Å². The van der Waals surface area contributed by atoms with Gasteiger partial charge in [0, 0.05) is 16.4 Å². The summed E-state index contributed by atoms with van der Waals surface area (Å²) in [6.07, 6.45) is 4.39. The lowest BCUT2D eigenvalue weighted by atomic mass is 9.91. The molecule has 0 heterocycles. The van der Waals surface area contributed by atoms with Crippen molar-refractivity contribution in [3.05, 3.63) is 29.8 Å². The van der Waals surface area contributed by atoms with Gasteiger partial charge in [-0.2, -0.15) is 0 Å². The maximum Gasteiger partial charge on any atom is 0.339 e. The molecule has 1 atom stereocenters. The third-order valence-electron chi connectivity index (χ3n) is 4.65. The Morgan fingerprint density at radius 3 is 2.44 bits per heavy atom. The van der Waals surface area contributed by atoms with Crippen molar-refractivity contribution < 1.29 is 19.1 Å². The first-order chi connectivity index (χ1) is 12.7. The van der Waals surface area contributed by atoms with E-state index in [1.54, 1.807) is 39.0 Å². The number of ketones is 1. The second-order valence-corrected chi connectivity index (χ2v) is 9.38. The predicted molar refractivity (Wildman–Crippen MR) is 107 cm³/mol. The predicted octanol–water partition coefficient (Wildman–Crippen LogP) is 4.00. The van der Waals surface area contributed by atoms with Crippen molar-refractivity contribution in [1.29, 1.82) is 0 Å². The van der Waals surface area contributed by atoms with Crippen LogP contribution in [-0.4, -0.2) is 35.6 Å². The van der Waals surface area contributed by atoms with Gasteiger partial charge in [-0.25, -0.2) is 4.79 Å². The van der Waals surface area contributed by atoms with Crippen LogP contribution in [0.4, 0.5) is 0 Å². The number of esters is 1. The summed E-state index contributed by atoms with van der Waals surface area (Å²) in [5, 5.41) is 2.76. The van der Waals surface area contributed by atoms with Crippen molar-refractivity contribution in [2.24, 2.45) is 5.41 Å². The summed E-state index contributed by atoms with van der Waals surface area (Å²) in [6.45, 7) is 6.95. The molecule has 0 radical (unpaired) electrons.